The zero-order valence-corrected chi connectivity index (χ0v) is 22.6. The molecule has 0 bridgehead atoms. The molecule has 36 heavy (non-hydrogen) atoms. The lowest BCUT2D eigenvalue weighted by Crippen LogP contribution is -2.51. The minimum Gasteiger partial charge on any atom is -0.487 e. The maximum absolute atomic E-state index is 13.8. The molecule has 6 heteroatoms. The number of rotatable bonds is 3. The highest BCUT2D eigenvalue weighted by Crippen LogP contribution is 2.32. The first kappa shape index (κ1) is 27.0. The van der Waals surface area contributed by atoms with Crippen LogP contribution in [0.5, 0.6) is 5.75 Å². The third kappa shape index (κ3) is 7.02. The molecule has 0 aromatic heterocycles. The summed E-state index contributed by atoms with van der Waals surface area (Å²) in [6.45, 7) is 6.56. The van der Waals surface area contributed by atoms with E-state index in [1.54, 1.807) is 0 Å². The van der Waals surface area contributed by atoms with E-state index in [0.717, 1.165) is 96.8 Å². The number of benzene rings is 1. The van der Waals surface area contributed by atoms with Crippen molar-refractivity contribution in [2.75, 3.05) is 39.8 Å². The molecule has 2 aliphatic heterocycles. The predicted molar refractivity (Wildman–Crippen MR) is 144 cm³/mol. The van der Waals surface area contributed by atoms with Crippen molar-refractivity contribution in [3.63, 3.8) is 0 Å². The van der Waals surface area contributed by atoms with Crippen LogP contribution in [0.2, 0.25) is 0 Å². The van der Waals surface area contributed by atoms with Crippen LogP contribution in [-0.4, -0.2) is 78.4 Å². The fourth-order valence-corrected chi connectivity index (χ4v) is 6.28. The number of hydrogen-bond donors (Lipinski definition) is 0. The van der Waals surface area contributed by atoms with E-state index in [9.17, 15) is 9.59 Å². The summed E-state index contributed by atoms with van der Waals surface area (Å²) in [6.07, 6.45) is 12.5. The van der Waals surface area contributed by atoms with Gasteiger partial charge < -0.3 is 19.4 Å². The average molecular weight is 498 g/mol. The third-order valence-corrected chi connectivity index (χ3v) is 8.58. The highest BCUT2D eigenvalue weighted by molar-refractivity contribution is 5.97. The molecule has 2 fully saturated rings. The van der Waals surface area contributed by atoms with Gasteiger partial charge in [-0.3, -0.25) is 9.59 Å². The Morgan fingerprint density at radius 3 is 2.36 bits per heavy atom. The van der Waals surface area contributed by atoms with E-state index in [4.69, 9.17) is 4.74 Å². The van der Waals surface area contributed by atoms with E-state index in [1.807, 2.05) is 29.2 Å². The highest BCUT2D eigenvalue weighted by atomic mass is 16.5. The summed E-state index contributed by atoms with van der Waals surface area (Å²) in [7, 11) is 2.17. The Balaban J connectivity index is 1.57. The SMILES string of the molecule is CCN1CCCCCCCN(C(=O)CC2CCN(C)CC2)[C@@H]2CCCC[C@@H]2Oc2ccccc2C1=O. The standard InChI is InChI=1S/C30H47N3O3/c1-3-32-19-11-5-4-6-12-20-33(29(34)23-24-17-21-31(2)22-18-24)26-14-8-10-16-28(26)36-27-15-9-7-13-25(27)30(32)35/h7,9,13,15,24,26,28H,3-6,8,10-12,14,16-23H2,1-2H3/t26-,28+/m1/s1. The zero-order valence-electron chi connectivity index (χ0n) is 22.6. The lowest BCUT2D eigenvalue weighted by Gasteiger charge is -2.41. The molecule has 0 N–H and O–H groups in total. The Morgan fingerprint density at radius 1 is 0.889 bits per heavy atom. The van der Waals surface area contributed by atoms with Crippen molar-refractivity contribution >= 4 is 11.8 Å². The van der Waals surface area contributed by atoms with Crippen molar-refractivity contribution in [1.82, 2.24) is 14.7 Å². The molecule has 2 heterocycles. The molecule has 1 saturated carbocycles. The molecular weight excluding hydrogens is 450 g/mol. The van der Waals surface area contributed by atoms with Crippen molar-refractivity contribution < 1.29 is 14.3 Å². The van der Waals surface area contributed by atoms with Crippen LogP contribution in [0, 0.1) is 5.92 Å². The fraction of sp³-hybridized carbons (Fsp3) is 0.733. The van der Waals surface area contributed by atoms with E-state index in [-0.39, 0.29) is 18.1 Å². The van der Waals surface area contributed by atoms with Gasteiger partial charge in [0.25, 0.3) is 5.91 Å². The maximum Gasteiger partial charge on any atom is 0.257 e. The first-order valence-corrected chi connectivity index (χ1v) is 14.6. The molecular formula is C30H47N3O3. The van der Waals surface area contributed by atoms with Crippen LogP contribution in [-0.2, 0) is 4.79 Å². The number of para-hydroxylation sites is 1. The smallest absolute Gasteiger partial charge is 0.257 e. The van der Waals surface area contributed by atoms with Gasteiger partial charge in [0, 0.05) is 26.1 Å². The summed E-state index contributed by atoms with van der Waals surface area (Å²) in [4.78, 5) is 33.8. The van der Waals surface area contributed by atoms with Crippen LogP contribution >= 0.6 is 0 Å². The minimum atomic E-state index is -0.0608. The summed E-state index contributed by atoms with van der Waals surface area (Å²) >= 11 is 0. The fourth-order valence-electron chi connectivity index (χ4n) is 6.28. The highest BCUT2D eigenvalue weighted by Gasteiger charge is 2.36. The molecule has 6 nitrogen and oxygen atoms in total. The summed E-state index contributed by atoms with van der Waals surface area (Å²) in [5, 5.41) is 0. The molecule has 1 aromatic carbocycles. The van der Waals surface area contributed by atoms with E-state index < -0.39 is 0 Å². The molecule has 2 atom stereocenters. The van der Waals surface area contributed by atoms with E-state index >= 15 is 0 Å². The monoisotopic (exact) mass is 497 g/mol. The molecule has 0 unspecified atom stereocenters. The van der Waals surface area contributed by atoms with Crippen LogP contribution < -0.4 is 4.74 Å². The molecule has 0 radical (unpaired) electrons. The number of carbonyl (C=O) groups is 2. The van der Waals surface area contributed by atoms with Gasteiger partial charge in [0.1, 0.15) is 11.9 Å². The second kappa shape index (κ2) is 13.5. The molecule has 200 valence electrons. The van der Waals surface area contributed by atoms with Crippen LogP contribution in [0.15, 0.2) is 24.3 Å². The number of piperidine rings is 1. The van der Waals surface area contributed by atoms with Crippen LogP contribution in [0.4, 0.5) is 0 Å². The third-order valence-electron chi connectivity index (χ3n) is 8.58. The normalized spacial score (nSPS) is 25.8. The number of amides is 2. The summed E-state index contributed by atoms with van der Waals surface area (Å²) in [5.74, 6) is 1.54. The van der Waals surface area contributed by atoms with Crippen LogP contribution in [0.25, 0.3) is 0 Å². The van der Waals surface area contributed by atoms with Gasteiger partial charge >= 0.3 is 0 Å². The second-order valence-electron chi connectivity index (χ2n) is 11.2. The van der Waals surface area contributed by atoms with Crippen molar-refractivity contribution in [1.29, 1.82) is 0 Å². The summed E-state index contributed by atoms with van der Waals surface area (Å²) < 4.78 is 6.68. The largest absolute Gasteiger partial charge is 0.487 e. The number of hydrogen-bond acceptors (Lipinski definition) is 4. The van der Waals surface area contributed by atoms with Crippen molar-refractivity contribution in [3.05, 3.63) is 29.8 Å². The lowest BCUT2D eigenvalue weighted by molar-refractivity contribution is -0.138. The number of carbonyl (C=O) groups excluding carboxylic acids is 2. The maximum atomic E-state index is 13.8. The Kier molecular flexibility index (Phi) is 10.1. The Bertz CT molecular complexity index is 852. The quantitative estimate of drug-likeness (QED) is 0.564. The molecule has 1 saturated heterocycles. The van der Waals surface area contributed by atoms with Crippen LogP contribution in [0.1, 0.15) is 94.3 Å². The Morgan fingerprint density at radius 2 is 1.58 bits per heavy atom. The van der Waals surface area contributed by atoms with Gasteiger partial charge in [-0.1, -0.05) is 37.8 Å². The number of likely N-dealkylation sites (tertiary alicyclic amines) is 1. The molecule has 1 aliphatic carbocycles. The molecule has 3 aliphatic rings. The summed E-state index contributed by atoms with van der Waals surface area (Å²) in [5.41, 5.74) is 0.655. The van der Waals surface area contributed by atoms with Gasteiger partial charge in [0.05, 0.1) is 11.6 Å². The lowest BCUT2D eigenvalue weighted by atomic mass is 9.89. The first-order valence-electron chi connectivity index (χ1n) is 14.6. The number of ether oxygens (including phenoxy) is 1. The van der Waals surface area contributed by atoms with Crippen molar-refractivity contribution in [3.8, 4) is 5.75 Å². The van der Waals surface area contributed by atoms with E-state index in [2.05, 4.69) is 23.8 Å². The topological polar surface area (TPSA) is 53.1 Å². The zero-order chi connectivity index (χ0) is 25.3. The molecule has 4 rings (SSSR count). The second-order valence-corrected chi connectivity index (χ2v) is 11.2. The minimum absolute atomic E-state index is 0.0607. The van der Waals surface area contributed by atoms with Gasteiger partial charge in [-0.25, -0.2) is 0 Å². The molecule has 0 spiro atoms. The number of fused-ring (bicyclic) bond motifs is 2. The van der Waals surface area contributed by atoms with Crippen molar-refractivity contribution in [2.45, 2.75) is 96.1 Å². The summed E-state index contributed by atoms with van der Waals surface area (Å²) in [6, 6.07) is 7.82. The van der Waals surface area contributed by atoms with E-state index in [0.29, 0.717) is 36.1 Å². The van der Waals surface area contributed by atoms with E-state index in [1.165, 1.54) is 0 Å². The molecule has 2 amide bonds. The average Bonchev–Trinajstić information content (AvgIpc) is 2.90. The predicted octanol–water partition coefficient (Wildman–Crippen LogP) is 5.36. The van der Waals surface area contributed by atoms with Crippen LogP contribution in [0.3, 0.4) is 0 Å². The number of nitrogens with zero attached hydrogens (tertiary/aromatic N) is 3. The Hall–Kier alpha value is -2.08. The molecule has 1 aromatic rings. The van der Waals surface area contributed by atoms with Gasteiger partial charge in [0.2, 0.25) is 5.91 Å². The van der Waals surface area contributed by atoms with Gasteiger partial charge in [0.15, 0.2) is 0 Å². The first-order chi connectivity index (χ1) is 17.6. The van der Waals surface area contributed by atoms with Gasteiger partial charge in [-0.05, 0) is 90.1 Å². The van der Waals surface area contributed by atoms with Gasteiger partial charge in [-0.2, -0.15) is 0 Å². The Labute approximate surface area is 218 Å². The van der Waals surface area contributed by atoms with Crippen molar-refractivity contribution in [2.24, 2.45) is 5.92 Å². The van der Waals surface area contributed by atoms with Gasteiger partial charge in [-0.15, -0.1) is 0 Å².